The van der Waals surface area contributed by atoms with E-state index in [1.54, 1.807) is 30.7 Å². The highest BCUT2D eigenvalue weighted by Crippen LogP contribution is 2.26. The molecule has 2 heterocycles. The third-order valence-electron chi connectivity index (χ3n) is 3.92. The topological polar surface area (TPSA) is 85.6 Å². The number of carbonyl (C=O) groups excluding carboxylic acids is 1. The number of anilines is 1. The number of carbonyl (C=O) groups is 1. The van der Waals surface area contributed by atoms with Gasteiger partial charge >= 0.3 is 0 Å². The smallest absolute Gasteiger partial charge is 0.234 e. The quantitative estimate of drug-likeness (QED) is 0.493. The van der Waals surface area contributed by atoms with Gasteiger partial charge in [-0.1, -0.05) is 42.1 Å². The van der Waals surface area contributed by atoms with Crippen molar-refractivity contribution in [1.29, 1.82) is 0 Å². The van der Waals surface area contributed by atoms with Gasteiger partial charge < -0.3 is 5.32 Å². The van der Waals surface area contributed by atoms with Gasteiger partial charge in [0.2, 0.25) is 5.91 Å². The number of para-hydroxylation sites is 2. The van der Waals surface area contributed by atoms with E-state index in [1.807, 2.05) is 34.9 Å². The number of hydrogen-bond acceptors (Lipinski definition) is 6. The van der Waals surface area contributed by atoms with Crippen LogP contribution in [0.3, 0.4) is 0 Å². The van der Waals surface area contributed by atoms with Crippen molar-refractivity contribution in [3.63, 3.8) is 0 Å². The van der Waals surface area contributed by atoms with Crippen molar-refractivity contribution in [2.24, 2.45) is 0 Å². The fourth-order valence-corrected chi connectivity index (χ4v) is 3.38. The molecule has 29 heavy (non-hydrogen) atoms. The molecule has 0 aliphatic rings. The van der Waals surface area contributed by atoms with E-state index in [0.29, 0.717) is 16.7 Å². The number of halogens is 1. The minimum Gasteiger partial charge on any atom is -0.323 e. The molecule has 1 amide bonds. The second-order valence-corrected chi connectivity index (χ2v) is 6.83. The molecule has 0 fully saturated rings. The molecule has 2 aromatic carbocycles. The summed E-state index contributed by atoms with van der Waals surface area (Å²) in [5.74, 6) is -0.270. The largest absolute Gasteiger partial charge is 0.323 e. The van der Waals surface area contributed by atoms with Crippen LogP contribution in [-0.2, 0) is 4.79 Å². The van der Waals surface area contributed by atoms with E-state index in [0.717, 1.165) is 5.69 Å². The van der Waals surface area contributed by atoms with E-state index in [9.17, 15) is 9.18 Å². The first-order valence-corrected chi connectivity index (χ1v) is 9.65. The van der Waals surface area contributed by atoms with Crippen LogP contribution < -0.4 is 5.32 Å². The summed E-state index contributed by atoms with van der Waals surface area (Å²) in [4.78, 5) is 20.7. The Morgan fingerprint density at radius 2 is 1.83 bits per heavy atom. The molecule has 4 rings (SSSR count). The monoisotopic (exact) mass is 406 g/mol. The maximum absolute atomic E-state index is 13.7. The number of aromatic nitrogens is 5. The maximum Gasteiger partial charge on any atom is 0.234 e. The van der Waals surface area contributed by atoms with Crippen LogP contribution in [0.4, 0.5) is 10.1 Å². The zero-order valence-electron chi connectivity index (χ0n) is 15.1. The Bertz CT molecular complexity index is 1120. The van der Waals surface area contributed by atoms with Gasteiger partial charge in [-0.15, -0.1) is 10.2 Å². The molecular weight excluding hydrogens is 391 g/mol. The summed E-state index contributed by atoms with van der Waals surface area (Å²) in [6.07, 6.45) is 4.76. The number of thioether (sulfide) groups is 1. The summed E-state index contributed by atoms with van der Waals surface area (Å²) < 4.78 is 15.5. The first-order chi connectivity index (χ1) is 14.2. The molecule has 0 radical (unpaired) electrons. The van der Waals surface area contributed by atoms with Crippen molar-refractivity contribution < 1.29 is 9.18 Å². The van der Waals surface area contributed by atoms with E-state index in [4.69, 9.17) is 0 Å². The second-order valence-electron chi connectivity index (χ2n) is 5.88. The molecule has 0 atom stereocenters. The maximum atomic E-state index is 13.7. The highest BCUT2D eigenvalue weighted by Gasteiger charge is 2.18. The third kappa shape index (κ3) is 4.30. The van der Waals surface area contributed by atoms with Crippen LogP contribution in [-0.4, -0.2) is 36.4 Å². The van der Waals surface area contributed by atoms with Crippen molar-refractivity contribution in [3.05, 3.63) is 79.0 Å². The van der Waals surface area contributed by atoms with Crippen molar-refractivity contribution in [2.45, 2.75) is 5.16 Å². The van der Waals surface area contributed by atoms with Crippen LogP contribution in [0.15, 0.2) is 78.3 Å². The number of rotatable bonds is 6. The van der Waals surface area contributed by atoms with Crippen LogP contribution in [0.2, 0.25) is 0 Å². The molecule has 0 spiro atoms. The second kappa shape index (κ2) is 8.61. The predicted molar refractivity (Wildman–Crippen MR) is 108 cm³/mol. The number of amides is 1. The summed E-state index contributed by atoms with van der Waals surface area (Å²) in [5.41, 5.74) is 1.53. The molecule has 0 aliphatic heterocycles. The lowest BCUT2D eigenvalue weighted by molar-refractivity contribution is -0.113. The van der Waals surface area contributed by atoms with Crippen molar-refractivity contribution in [3.8, 4) is 17.2 Å². The van der Waals surface area contributed by atoms with E-state index in [-0.39, 0.29) is 17.3 Å². The molecule has 144 valence electrons. The number of hydrogen-bond donors (Lipinski definition) is 1. The van der Waals surface area contributed by atoms with Gasteiger partial charge in [0.05, 0.1) is 17.6 Å². The summed E-state index contributed by atoms with van der Waals surface area (Å²) in [5, 5.41) is 11.5. The van der Waals surface area contributed by atoms with Crippen LogP contribution in [0.5, 0.6) is 0 Å². The van der Waals surface area contributed by atoms with Gasteiger partial charge in [0.25, 0.3) is 0 Å². The first-order valence-electron chi connectivity index (χ1n) is 8.67. The third-order valence-corrected chi connectivity index (χ3v) is 4.85. The van der Waals surface area contributed by atoms with Gasteiger partial charge in [0.15, 0.2) is 11.0 Å². The Labute approximate surface area is 170 Å². The molecule has 4 aromatic rings. The van der Waals surface area contributed by atoms with Crippen LogP contribution in [0, 0.1) is 5.82 Å². The highest BCUT2D eigenvalue weighted by atomic mass is 32.2. The van der Waals surface area contributed by atoms with Gasteiger partial charge in [0.1, 0.15) is 11.5 Å². The van der Waals surface area contributed by atoms with E-state index >= 15 is 0 Å². The molecule has 0 saturated carbocycles. The van der Waals surface area contributed by atoms with E-state index in [2.05, 4.69) is 25.5 Å². The summed E-state index contributed by atoms with van der Waals surface area (Å²) in [6, 6.07) is 15.5. The Morgan fingerprint density at radius 3 is 2.59 bits per heavy atom. The fraction of sp³-hybridized carbons (Fsp3) is 0.0500. The Kier molecular flexibility index (Phi) is 5.57. The Morgan fingerprint density at radius 1 is 1.03 bits per heavy atom. The molecule has 0 bridgehead atoms. The molecule has 0 unspecified atom stereocenters. The number of benzene rings is 2. The SMILES string of the molecule is O=C(CSc1nnc(-c2cnccn2)n1-c1ccccc1)Nc1ccccc1F. The molecule has 0 aliphatic carbocycles. The fourth-order valence-electron chi connectivity index (χ4n) is 2.63. The summed E-state index contributed by atoms with van der Waals surface area (Å²) >= 11 is 1.20. The molecular formula is C20H15FN6OS. The van der Waals surface area contributed by atoms with Gasteiger partial charge in [-0.25, -0.2) is 9.37 Å². The zero-order chi connectivity index (χ0) is 20.1. The minimum absolute atomic E-state index is 0.0414. The van der Waals surface area contributed by atoms with Crippen molar-refractivity contribution in [2.75, 3.05) is 11.1 Å². The average molecular weight is 406 g/mol. The number of nitrogens with one attached hydrogen (secondary N) is 1. The van der Waals surface area contributed by atoms with Gasteiger partial charge in [-0.2, -0.15) is 0 Å². The number of nitrogens with zero attached hydrogens (tertiary/aromatic N) is 5. The minimum atomic E-state index is -0.483. The van der Waals surface area contributed by atoms with Crippen LogP contribution in [0.1, 0.15) is 0 Å². The molecule has 9 heteroatoms. The summed E-state index contributed by atoms with van der Waals surface area (Å²) in [7, 11) is 0. The standard InChI is InChI=1S/C20H15FN6OS/c21-15-8-4-5-9-16(15)24-18(28)13-29-20-26-25-19(17-12-22-10-11-23-17)27(20)14-6-2-1-3-7-14/h1-12H,13H2,(H,24,28). The normalized spacial score (nSPS) is 10.7. The molecule has 7 nitrogen and oxygen atoms in total. The highest BCUT2D eigenvalue weighted by molar-refractivity contribution is 7.99. The van der Waals surface area contributed by atoms with Crippen LogP contribution >= 0.6 is 11.8 Å². The Balaban J connectivity index is 1.58. The average Bonchev–Trinajstić information content (AvgIpc) is 3.19. The van der Waals surface area contributed by atoms with Crippen molar-refractivity contribution >= 4 is 23.4 Å². The predicted octanol–water partition coefficient (Wildman–Crippen LogP) is 3.59. The lowest BCUT2D eigenvalue weighted by atomic mass is 10.3. The Hall–Kier alpha value is -3.59. The lowest BCUT2D eigenvalue weighted by Gasteiger charge is -2.10. The summed E-state index contributed by atoms with van der Waals surface area (Å²) in [6.45, 7) is 0. The van der Waals surface area contributed by atoms with Crippen LogP contribution in [0.25, 0.3) is 17.2 Å². The van der Waals surface area contributed by atoms with E-state index < -0.39 is 5.82 Å². The van der Waals surface area contributed by atoms with Gasteiger partial charge in [0, 0.05) is 18.1 Å². The molecule has 1 N–H and O–H groups in total. The van der Waals surface area contributed by atoms with E-state index in [1.165, 1.54) is 23.9 Å². The first kappa shape index (κ1) is 18.8. The van der Waals surface area contributed by atoms with Crippen molar-refractivity contribution in [1.82, 2.24) is 24.7 Å². The van der Waals surface area contributed by atoms with Gasteiger partial charge in [-0.3, -0.25) is 14.3 Å². The lowest BCUT2D eigenvalue weighted by Crippen LogP contribution is -2.15. The molecule has 2 aromatic heterocycles. The molecule has 0 saturated heterocycles. The van der Waals surface area contributed by atoms with Gasteiger partial charge in [-0.05, 0) is 24.3 Å². The zero-order valence-corrected chi connectivity index (χ0v) is 15.9.